The van der Waals surface area contributed by atoms with Crippen molar-refractivity contribution in [1.82, 2.24) is 0 Å². The predicted molar refractivity (Wildman–Crippen MR) is 75.5 cm³/mol. The zero-order valence-electron chi connectivity index (χ0n) is 10.8. The summed E-state index contributed by atoms with van der Waals surface area (Å²) in [5.41, 5.74) is 4.56. The largest absolute Gasteiger partial charge is 0.289 e. The fraction of sp³-hybridized carbons (Fsp3) is 0.188. The lowest BCUT2D eigenvalue weighted by Gasteiger charge is -2.09. The van der Waals surface area contributed by atoms with Crippen LogP contribution in [0.25, 0.3) is 0 Å². The first-order chi connectivity index (χ1) is 8.50. The highest BCUT2D eigenvalue weighted by Gasteiger charge is 2.14. The fourth-order valence-corrected chi connectivity index (χ4v) is 2.25. The van der Waals surface area contributed by atoms with Gasteiger partial charge in [-0.1, -0.05) is 29.8 Å². The molecular weight excluding hydrogens is 244 g/mol. The van der Waals surface area contributed by atoms with Gasteiger partial charge in [0.25, 0.3) is 0 Å². The van der Waals surface area contributed by atoms with Crippen molar-refractivity contribution in [2.45, 2.75) is 20.8 Å². The molecule has 0 saturated heterocycles. The van der Waals surface area contributed by atoms with Gasteiger partial charge in [-0.25, -0.2) is 0 Å². The van der Waals surface area contributed by atoms with E-state index in [9.17, 15) is 4.79 Å². The Morgan fingerprint density at radius 2 is 1.67 bits per heavy atom. The van der Waals surface area contributed by atoms with E-state index in [4.69, 9.17) is 11.6 Å². The second kappa shape index (κ2) is 4.95. The third-order valence-electron chi connectivity index (χ3n) is 3.28. The number of benzene rings is 2. The monoisotopic (exact) mass is 258 g/mol. The Balaban J connectivity index is 2.51. The van der Waals surface area contributed by atoms with Gasteiger partial charge >= 0.3 is 0 Å². The summed E-state index contributed by atoms with van der Waals surface area (Å²) in [6.07, 6.45) is 0. The molecule has 0 aliphatic rings. The zero-order chi connectivity index (χ0) is 13.3. The number of aryl methyl sites for hydroxylation is 2. The minimum absolute atomic E-state index is 0.0605. The highest BCUT2D eigenvalue weighted by atomic mass is 35.5. The van der Waals surface area contributed by atoms with Gasteiger partial charge in [-0.3, -0.25) is 4.79 Å². The Kier molecular flexibility index (Phi) is 3.53. The van der Waals surface area contributed by atoms with E-state index in [2.05, 4.69) is 0 Å². The average Bonchev–Trinajstić information content (AvgIpc) is 2.32. The first kappa shape index (κ1) is 12.8. The summed E-state index contributed by atoms with van der Waals surface area (Å²) in [5.74, 6) is 0.0605. The molecule has 0 saturated carbocycles. The van der Waals surface area contributed by atoms with E-state index in [-0.39, 0.29) is 5.78 Å². The van der Waals surface area contributed by atoms with E-state index >= 15 is 0 Å². The summed E-state index contributed by atoms with van der Waals surface area (Å²) in [5, 5.41) is 0.657. The third kappa shape index (κ3) is 2.32. The number of ketones is 1. The Bertz CT molecular complexity index is 614. The summed E-state index contributed by atoms with van der Waals surface area (Å²) < 4.78 is 0. The van der Waals surface area contributed by atoms with Crippen molar-refractivity contribution in [3.8, 4) is 0 Å². The van der Waals surface area contributed by atoms with Crippen molar-refractivity contribution in [2.75, 3.05) is 0 Å². The molecule has 0 spiro atoms. The van der Waals surface area contributed by atoms with Crippen LogP contribution in [-0.2, 0) is 0 Å². The maximum Gasteiger partial charge on any atom is 0.193 e. The van der Waals surface area contributed by atoms with Crippen LogP contribution in [0.1, 0.15) is 32.6 Å². The van der Waals surface area contributed by atoms with Crippen LogP contribution in [0.15, 0.2) is 36.4 Å². The minimum atomic E-state index is 0.0605. The van der Waals surface area contributed by atoms with Gasteiger partial charge in [0.05, 0.1) is 0 Å². The molecule has 0 N–H and O–H groups in total. The molecular formula is C16H15ClO. The molecule has 0 bridgehead atoms. The van der Waals surface area contributed by atoms with E-state index in [1.807, 2.05) is 45.0 Å². The quantitative estimate of drug-likeness (QED) is 0.725. The number of hydrogen-bond donors (Lipinski definition) is 0. The van der Waals surface area contributed by atoms with Crippen molar-refractivity contribution >= 4 is 17.4 Å². The SMILES string of the molecule is Cc1cc(Cl)ccc1C(=O)c1cccc(C)c1C. The fourth-order valence-electron chi connectivity index (χ4n) is 2.02. The molecule has 2 heteroatoms. The van der Waals surface area contributed by atoms with Crippen LogP contribution in [0.2, 0.25) is 5.02 Å². The van der Waals surface area contributed by atoms with E-state index in [1.165, 1.54) is 0 Å². The average molecular weight is 259 g/mol. The van der Waals surface area contributed by atoms with E-state index in [0.717, 1.165) is 22.3 Å². The van der Waals surface area contributed by atoms with Crippen LogP contribution in [0.3, 0.4) is 0 Å². The van der Waals surface area contributed by atoms with Gasteiger partial charge in [0.15, 0.2) is 5.78 Å². The van der Waals surface area contributed by atoms with Crippen LogP contribution >= 0.6 is 11.6 Å². The molecule has 0 unspecified atom stereocenters. The number of rotatable bonds is 2. The number of carbonyl (C=O) groups excluding carboxylic acids is 1. The first-order valence-electron chi connectivity index (χ1n) is 5.88. The van der Waals surface area contributed by atoms with Gasteiger partial charge in [-0.05, 0) is 55.7 Å². The molecule has 0 amide bonds. The molecule has 18 heavy (non-hydrogen) atoms. The van der Waals surface area contributed by atoms with E-state index < -0.39 is 0 Å². The molecule has 0 aliphatic heterocycles. The summed E-state index contributed by atoms with van der Waals surface area (Å²) in [6.45, 7) is 5.90. The van der Waals surface area contributed by atoms with Gasteiger partial charge in [-0.2, -0.15) is 0 Å². The molecule has 0 heterocycles. The minimum Gasteiger partial charge on any atom is -0.289 e. The Morgan fingerprint density at radius 3 is 2.33 bits per heavy atom. The lowest BCUT2D eigenvalue weighted by Crippen LogP contribution is -2.06. The second-order valence-corrected chi connectivity index (χ2v) is 4.97. The van der Waals surface area contributed by atoms with Crippen molar-refractivity contribution in [3.63, 3.8) is 0 Å². The molecule has 0 aromatic heterocycles. The standard InChI is InChI=1S/C16H15ClO/c1-10-5-4-6-15(12(10)3)16(18)14-8-7-13(17)9-11(14)2/h4-9H,1-3H3. The Hall–Kier alpha value is -1.60. The van der Waals surface area contributed by atoms with Gasteiger partial charge < -0.3 is 0 Å². The van der Waals surface area contributed by atoms with Gasteiger partial charge in [0, 0.05) is 16.1 Å². The van der Waals surface area contributed by atoms with Crippen molar-refractivity contribution < 1.29 is 4.79 Å². The molecule has 0 radical (unpaired) electrons. The van der Waals surface area contributed by atoms with Gasteiger partial charge in [0.2, 0.25) is 0 Å². The lowest BCUT2D eigenvalue weighted by molar-refractivity contribution is 0.103. The smallest absolute Gasteiger partial charge is 0.193 e. The van der Waals surface area contributed by atoms with Crippen LogP contribution < -0.4 is 0 Å². The van der Waals surface area contributed by atoms with Gasteiger partial charge in [-0.15, -0.1) is 0 Å². The van der Waals surface area contributed by atoms with Gasteiger partial charge in [0.1, 0.15) is 0 Å². The van der Waals surface area contributed by atoms with Crippen LogP contribution in [0, 0.1) is 20.8 Å². The summed E-state index contributed by atoms with van der Waals surface area (Å²) in [7, 11) is 0. The van der Waals surface area contributed by atoms with Crippen molar-refractivity contribution in [2.24, 2.45) is 0 Å². The maximum absolute atomic E-state index is 12.5. The zero-order valence-corrected chi connectivity index (χ0v) is 11.5. The molecule has 2 rings (SSSR count). The third-order valence-corrected chi connectivity index (χ3v) is 3.52. The predicted octanol–water partition coefficient (Wildman–Crippen LogP) is 4.50. The molecule has 0 aliphatic carbocycles. The van der Waals surface area contributed by atoms with E-state index in [0.29, 0.717) is 10.6 Å². The Labute approximate surface area is 112 Å². The summed E-state index contributed by atoms with van der Waals surface area (Å²) in [4.78, 5) is 12.5. The molecule has 0 fully saturated rings. The topological polar surface area (TPSA) is 17.1 Å². The number of hydrogen-bond acceptors (Lipinski definition) is 1. The number of halogens is 1. The van der Waals surface area contributed by atoms with E-state index in [1.54, 1.807) is 12.1 Å². The summed E-state index contributed by atoms with van der Waals surface area (Å²) in [6, 6.07) is 11.2. The second-order valence-electron chi connectivity index (χ2n) is 4.54. The lowest BCUT2D eigenvalue weighted by atomic mass is 9.94. The van der Waals surface area contributed by atoms with Crippen molar-refractivity contribution in [3.05, 3.63) is 69.2 Å². The molecule has 1 nitrogen and oxygen atoms in total. The summed E-state index contributed by atoms with van der Waals surface area (Å²) >= 11 is 5.91. The normalized spacial score (nSPS) is 10.4. The maximum atomic E-state index is 12.5. The molecule has 92 valence electrons. The van der Waals surface area contributed by atoms with Crippen LogP contribution in [-0.4, -0.2) is 5.78 Å². The van der Waals surface area contributed by atoms with Crippen LogP contribution in [0.5, 0.6) is 0 Å². The molecule has 2 aromatic rings. The van der Waals surface area contributed by atoms with Crippen molar-refractivity contribution in [1.29, 1.82) is 0 Å². The van der Waals surface area contributed by atoms with Crippen LogP contribution in [0.4, 0.5) is 0 Å². The molecule has 2 aromatic carbocycles. The first-order valence-corrected chi connectivity index (χ1v) is 6.25. The Morgan fingerprint density at radius 1 is 0.944 bits per heavy atom. The number of carbonyl (C=O) groups is 1. The molecule has 0 atom stereocenters. The highest BCUT2D eigenvalue weighted by Crippen LogP contribution is 2.21. The highest BCUT2D eigenvalue weighted by molar-refractivity contribution is 6.30.